The number of thioether (sulfide) groups is 1. The Kier molecular flexibility index (Phi) is 8.43. The SMILES string of the molecule is CSc1cccc(NC(=O)C2[C@H]3C=CC4(O3)C(C(=O)NC3CCCCC3)N(CCN(C)Cc3ccccc3)C(=O)[C@@H]24)c1. The highest BCUT2D eigenvalue weighted by Crippen LogP contribution is 2.55. The number of carbonyl (C=O) groups excluding carboxylic acids is 3. The molecule has 4 aliphatic rings. The van der Waals surface area contributed by atoms with Crippen molar-refractivity contribution in [2.45, 2.75) is 67.3 Å². The minimum absolute atomic E-state index is 0.102. The van der Waals surface area contributed by atoms with Gasteiger partial charge in [0.25, 0.3) is 0 Å². The number of benzene rings is 2. The van der Waals surface area contributed by atoms with Crippen molar-refractivity contribution < 1.29 is 19.1 Å². The third-order valence-corrected chi connectivity index (χ3v) is 9.96. The highest BCUT2D eigenvalue weighted by molar-refractivity contribution is 7.98. The summed E-state index contributed by atoms with van der Waals surface area (Å²) in [5.41, 5.74) is 0.716. The van der Waals surface area contributed by atoms with E-state index in [-0.39, 0.29) is 23.8 Å². The first-order chi connectivity index (χ1) is 20.4. The zero-order chi connectivity index (χ0) is 29.3. The van der Waals surface area contributed by atoms with Crippen molar-refractivity contribution in [1.29, 1.82) is 0 Å². The molecule has 0 aromatic heterocycles. The summed E-state index contributed by atoms with van der Waals surface area (Å²) in [5, 5.41) is 6.29. The molecule has 8 nitrogen and oxygen atoms in total. The molecule has 3 amide bonds. The fourth-order valence-electron chi connectivity index (χ4n) is 7.21. The van der Waals surface area contributed by atoms with Gasteiger partial charge in [0.05, 0.1) is 17.9 Å². The Labute approximate surface area is 252 Å². The average molecular weight is 589 g/mol. The van der Waals surface area contributed by atoms with Crippen LogP contribution in [-0.2, 0) is 25.7 Å². The minimum Gasteiger partial charge on any atom is -0.359 e. The summed E-state index contributed by atoms with van der Waals surface area (Å²) in [6.07, 6.45) is 10.5. The van der Waals surface area contributed by atoms with Crippen LogP contribution < -0.4 is 10.6 Å². The standard InChI is InChI=1S/C33H40N4O4S/c1-36(21-22-10-5-3-6-11-22)18-19-37-29(31(39)34-23-12-7-4-8-13-23)33-17-16-26(41-33)27(28(33)32(37)40)30(38)35-24-14-9-15-25(20-24)42-2/h3,5-6,9-11,14-17,20,23,26-29H,4,7-8,12-13,18-19,21H2,1-2H3,(H,34,39)(H,35,38)/t26-,27?,28-,29?,33?/m1/s1. The van der Waals surface area contributed by atoms with Gasteiger partial charge < -0.3 is 25.2 Å². The van der Waals surface area contributed by atoms with Gasteiger partial charge in [-0.1, -0.05) is 67.8 Å². The molecular formula is C33H40N4O4S. The lowest BCUT2D eigenvalue weighted by Crippen LogP contribution is -2.57. The molecule has 0 radical (unpaired) electrons. The number of likely N-dealkylation sites (tertiary alicyclic amines) is 1. The molecule has 3 fully saturated rings. The van der Waals surface area contributed by atoms with Gasteiger partial charge in [0.1, 0.15) is 11.6 Å². The number of hydrogen-bond donors (Lipinski definition) is 2. The number of carbonyl (C=O) groups is 3. The van der Waals surface area contributed by atoms with Gasteiger partial charge in [0.15, 0.2) is 0 Å². The molecule has 2 N–H and O–H groups in total. The molecule has 2 saturated heterocycles. The first-order valence-corrected chi connectivity index (χ1v) is 16.3. The first-order valence-electron chi connectivity index (χ1n) is 15.0. The molecule has 1 spiro atoms. The monoisotopic (exact) mass is 588 g/mol. The number of fused-ring (bicyclic) bond motifs is 1. The zero-order valence-corrected chi connectivity index (χ0v) is 25.1. The van der Waals surface area contributed by atoms with Crippen molar-refractivity contribution in [2.24, 2.45) is 11.8 Å². The van der Waals surface area contributed by atoms with E-state index in [4.69, 9.17) is 4.74 Å². The topological polar surface area (TPSA) is 91.0 Å². The molecule has 2 aromatic rings. The van der Waals surface area contributed by atoms with Crippen molar-refractivity contribution in [2.75, 3.05) is 31.7 Å². The predicted molar refractivity (Wildman–Crippen MR) is 164 cm³/mol. The van der Waals surface area contributed by atoms with Crippen LogP contribution in [0.4, 0.5) is 5.69 Å². The quantitative estimate of drug-likeness (QED) is 0.321. The van der Waals surface area contributed by atoms with Gasteiger partial charge in [-0.2, -0.15) is 0 Å². The first kappa shape index (κ1) is 29.0. The number of nitrogens with one attached hydrogen (secondary N) is 2. The minimum atomic E-state index is -1.15. The van der Waals surface area contributed by atoms with E-state index in [2.05, 4.69) is 27.7 Å². The lowest BCUT2D eigenvalue weighted by molar-refractivity contribution is -0.141. The van der Waals surface area contributed by atoms with Crippen LogP contribution in [-0.4, -0.2) is 77.7 Å². The molecular weight excluding hydrogens is 548 g/mol. The van der Waals surface area contributed by atoms with Crippen molar-refractivity contribution >= 4 is 35.2 Å². The number of likely N-dealkylation sites (N-methyl/N-ethyl adjacent to an activating group) is 1. The van der Waals surface area contributed by atoms with Crippen LogP contribution in [0, 0.1) is 11.8 Å². The fourth-order valence-corrected chi connectivity index (χ4v) is 7.67. The molecule has 5 atom stereocenters. The van der Waals surface area contributed by atoms with E-state index in [0.717, 1.165) is 37.1 Å². The molecule has 1 saturated carbocycles. The van der Waals surface area contributed by atoms with E-state index in [1.165, 1.54) is 12.0 Å². The Morgan fingerprint density at radius 3 is 2.62 bits per heavy atom. The number of ether oxygens (including phenoxy) is 1. The summed E-state index contributed by atoms with van der Waals surface area (Å²) in [6.45, 7) is 1.69. The van der Waals surface area contributed by atoms with Gasteiger partial charge in [-0.05, 0) is 49.9 Å². The molecule has 6 rings (SSSR count). The average Bonchev–Trinajstić information content (AvgIpc) is 3.64. The number of nitrogens with zero attached hydrogens (tertiary/aromatic N) is 2. The third kappa shape index (κ3) is 5.50. The van der Waals surface area contributed by atoms with E-state index in [0.29, 0.717) is 18.8 Å². The highest BCUT2D eigenvalue weighted by Gasteiger charge is 2.72. The molecule has 2 aromatic carbocycles. The number of hydrogen-bond acceptors (Lipinski definition) is 6. The van der Waals surface area contributed by atoms with Crippen molar-refractivity contribution in [3.8, 4) is 0 Å². The molecule has 42 heavy (non-hydrogen) atoms. The highest BCUT2D eigenvalue weighted by atomic mass is 32.2. The summed E-state index contributed by atoms with van der Waals surface area (Å²) in [6, 6.07) is 17.1. The molecule has 2 bridgehead atoms. The van der Waals surface area contributed by atoms with Crippen molar-refractivity contribution in [1.82, 2.24) is 15.1 Å². The second-order valence-electron chi connectivity index (χ2n) is 12.0. The summed E-state index contributed by atoms with van der Waals surface area (Å²) in [4.78, 5) is 46.9. The second kappa shape index (κ2) is 12.2. The van der Waals surface area contributed by atoms with Gasteiger partial charge >= 0.3 is 0 Å². The Bertz CT molecular complexity index is 1350. The zero-order valence-electron chi connectivity index (χ0n) is 24.3. The summed E-state index contributed by atoms with van der Waals surface area (Å²) < 4.78 is 6.51. The Balaban J connectivity index is 1.24. The molecule has 3 heterocycles. The van der Waals surface area contributed by atoms with Crippen LogP contribution in [0.3, 0.4) is 0 Å². The molecule has 9 heteroatoms. The van der Waals surface area contributed by atoms with Crippen LogP contribution in [0.15, 0.2) is 71.6 Å². The maximum Gasteiger partial charge on any atom is 0.246 e. The summed E-state index contributed by atoms with van der Waals surface area (Å²) in [5.74, 6) is -2.08. The lowest BCUT2D eigenvalue weighted by Gasteiger charge is -2.34. The normalized spacial score (nSPS) is 28.4. The van der Waals surface area contributed by atoms with Crippen LogP contribution in [0.5, 0.6) is 0 Å². The van der Waals surface area contributed by atoms with Crippen molar-refractivity contribution in [3.63, 3.8) is 0 Å². The van der Waals surface area contributed by atoms with E-state index < -0.39 is 29.6 Å². The van der Waals surface area contributed by atoms with Crippen LogP contribution in [0.1, 0.15) is 37.7 Å². The van der Waals surface area contributed by atoms with Gasteiger partial charge in [0.2, 0.25) is 17.7 Å². The summed E-state index contributed by atoms with van der Waals surface area (Å²) in [7, 11) is 2.02. The maximum atomic E-state index is 14.2. The summed E-state index contributed by atoms with van der Waals surface area (Å²) >= 11 is 1.60. The second-order valence-corrected chi connectivity index (χ2v) is 12.9. The third-order valence-electron chi connectivity index (χ3n) is 9.23. The Morgan fingerprint density at radius 2 is 1.86 bits per heavy atom. The Hall–Kier alpha value is -3.14. The van der Waals surface area contributed by atoms with Crippen LogP contribution in [0.2, 0.25) is 0 Å². The van der Waals surface area contributed by atoms with E-state index in [1.807, 2.05) is 67.9 Å². The molecule has 222 valence electrons. The largest absolute Gasteiger partial charge is 0.359 e. The number of anilines is 1. The van der Waals surface area contributed by atoms with E-state index in [9.17, 15) is 14.4 Å². The van der Waals surface area contributed by atoms with Gasteiger partial charge in [-0.25, -0.2) is 0 Å². The van der Waals surface area contributed by atoms with Crippen molar-refractivity contribution in [3.05, 3.63) is 72.3 Å². The van der Waals surface area contributed by atoms with Gasteiger partial charge in [0, 0.05) is 36.3 Å². The molecule has 3 unspecified atom stereocenters. The number of rotatable bonds is 10. The predicted octanol–water partition coefficient (Wildman–Crippen LogP) is 4.08. The van der Waals surface area contributed by atoms with Crippen LogP contribution >= 0.6 is 11.8 Å². The fraction of sp³-hybridized carbons (Fsp3) is 0.485. The maximum absolute atomic E-state index is 14.2. The van der Waals surface area contributed by atoms with Crippen LogP contribution in [0.25, 0.3) is 0 Å². The van der Waals surface area contributed by atoms with Gasteiger partial charge in [-0.3, -0.25) is 14.4 Å². The van der Waals surface area contributed by atoms with E-state index in [1.54, 1.807) is 16.7 Å². The molecule has 3 aliphatic heterocycles. The lowest BCUT2D eigenvalue weighted by atomic mass is 9.74. The molecule has 1 aliphatic carbocycles. The van der Waals surface area contributed by atoms with Gasteiger partial charge in [-0.15, -0.1) is 11.8 Å². The Morgan fingerprint density at radius 1 is 1.07 bits per heavy atom. The van der Waals surface area contributed by atoms with E-state index >= 15 is 0 Å². The smallest absolute Gasteiger partial charge is 0.246 e. The number of amides is 3.